The van der Waals surface area contributed by atoms with Crippen LogP contribution >= 0.6 is 0 Å². The normalized spacial score (nSPS) is 12.6. The summed E-state index contributed by atoms with van der Waals surface area (Å²) in [5.41, 5.74) is 12.5. The van der Waals surface area contributed by atoms with Gasteiger partial charge in [-0.05, 0) is 107 Å². The molecular formula is C47H29BN2O2. The van der Waals surface area contributed by atoms with E-state index in [2.05, 4.69) is 174 Å². The maximum atomic E-state index is 7.03. The summed E-state index contributed by atoms with van der Waals surface area (Å²) in [5.74, 6) is 1.62. The molecule has 0 bridgehead atoms. The molecule has 5 heteroatoms. The number of para-hydroxylation sites is 3. The number of hydrogen-bond acceptors (Lipinski definition) is 4. The Kier molecular flexibility index (Phi) is 6.14. The summed E-state index contributed by atoms with van der Waals surface area (Å²) in [6, 6.07) is 62.4. The molecule has 0 atom stereocenters. The number of rotatable bonds is 4. The molecule has 52 heavy (non-hydrogen) atoms. The van der Waals surface area contributed by atoms with Gasteiger partial charge in [0.1, 0.15) is 11.3 Å². The molecule has 242 valence electrons. The Morgan fingerprint density at radius 3 is 2.06 bits per heavy atom. The lowest BCUT2D eigenvalue weighted by Gasteiger charge is -2.39. The van der Waals surface area contributed by atoms with Crippen LogP contribution in [0.4, 0.5) is 34.1 Å². The first kappa shape index (κ1) is 28.9. The zero-order valence-electron chi connectivity index (χ0n) is 28.3. The zero-order valence-corrected chi connectivity index (χ0v) is 28.3. The molecule has 0 spiro atoms. The molecule has 0 unspecified atom stereocenters. The molecule has 0 amide bonds. The van der Waals surface area contributed by atoms with Crippen molar-refractivity contribution < 1.29 is 9.15 Å². The van der Waals surface area contributed by atoms with E-state index in [4.69, 9.17) is 9.15 Å². The summed E-state index contributed by atoms with van der Waals surface area (Å²) in [6.45, 7) is 2.04. The van der Waals surface area contributed by atoms with Crippen molar-refractivity contribution in [3.8, 4) is 11.5 Å². The highest BCUT2D eigenvalue weighted by Crippen LogP contribution is 2.45. The van der Waals surface area contributed by atoms with Gasteiger partial charge in [-0.2, -0.15) is 0 Å². The van der Waals surface area contributed by atoms with E-state index in [0.717, 1.165) is 94.8 Å². The van der Waals surface area contributed by atoms with Crippen LogP contribution in [0.2, 0.25) is 0 Å². The van der Waals surface area contributed by atoms with E-state index in [1.54, 1.807) is 0 Å². The molecule has 2 aliphatic rings. The first-order valence-electron chi connectivity index (χ1n) is 17.6. The van der Waals surface area contributed by atoms with Crippen LogP contribution < -0.4 is 30.9 Å². The number of fused-ring (bicyclic) bond motifs is 10. The Hall–Kier alpha value is -6.90. The van der Waals surface area contributed by atoms with Crippen LogP contribution in [-0.4, -0.2) is 6.71 Å². The Morgan fingerprint density at radius 1 is 0.596 bits per heavy atom. The van der Waals surface area contributed by atoms with Crippen molar-refractivity contribution in [3.63, 3.8) is 0 Å². The number of ether oxygens (including phenoxy) is 1. The van der Waals surface area contributed by atoms with Crippen LogP contribution in [0.15, 0.2) is 162 Å². The number of furan rings is 1. The minimum atomic E-state index is -0.0973. The molecule has 0 saturated heterocycles. The van der Waals surface area contributed by atoms with E-state index < -0.39 is 0 Å². The van der Waals surface area contributed by atoms with Crippen molar-refractivity contribution in [2.24, 2.45) is 0 Å². The summed E-state index contributed by atoms with van der Waals surface area (Å²) < 4.78 is 13.9. The van der Waals surface area contributed by atoms with Crippen molar-refractivity contribution in [1.29, 1.82) is 0 Å². The molecule has 1 aromatic heterocycles. The van der Waals surface area contributed by atoms with Gasteiger partial charge >= 0.3 is 0 Å². The average Bonchev–Trinajstić information content (AvgIpc) is 3.57. The van der Waals surface area contributed by atoms with E-state index in [1.807, 2.05) is 12.1 Å². The van der Waals surface area contributed by atoms with Crippen molar-refractivity contribution >= 4 is 89.9 Å². The number of nitrogens with zero attached hydrogens (tertiary/aromatic N) is 2. The smallest absolute Gasteiger partial charge is 0.258 e. The minimum Gasteiger partial charge on any atom is -0.454 e. The predicted molar refractivity (Wildman–Crippen MR) is 214 cm³/mol. The van der Waals surface area contributed by atoms with Crippen LogP contribution in [0.3, 0.4) is 0 Å². The topological polar surface area (TPSA) is 28.9 Å². The van der Waals surface area contributed by atoms with E-state index in [1.165, 1.54) is 5.46 Å². The lowest BCUT2D eigenvalue weighted by atomic mass is 9.33. The van der Waals surface area contributed by atoms with E-state index in [9.17, 15) is 0 Å². The molecule has 11 rings (SSSR count). The predicted octanol–water partition coefficient (Wildman–Crippen LogP) is 10.5. The Morgan fingerprint density at radius 2 is 1.29 bits per heavy atom. The average molecular weight is 665 g/mol. The number of aryl methyl sites for hydroxylation is 1. The zero-order chi connectivity index (χ0) is 34.3. The monoisotopic (exact) mass is 664 g/mol. The van der Waals surface area contributed by atoms with Gasteiger partial charge in [0.15, 0.2) is 11.3 Å². The number of hydrogen-bond donors (Lipinski definition) is 0. The van der Waals surface area contributed by atoms with Gasteiger partial charge in [-0.25, -0.2) is 0 Å². The lowest BCUT2D eigenvalue weighted by molar-refractivity contribution is 0.480. The fourth-order valence-electron chi connectivity index (χ4n) is 8.35. The summed E-state index contributed by atoms with van der Waals surface area (Å²) >= 11 is 0. The van der Waals surface area contributed by atoms with Gasteiger partial charge in [0.2, 0.25) is 0 Å². The minimum absolute atomic E-state index is 0.0973. The van der Waals surface area contributed by atoms with Gasteiger partial charge in [0, 0.05) is 50.7 Å². The second-order valence-electron chi connectivity index (χ2n) is 13.6. The van der Waals surface area contributed by atoms with Gasteiger partial charge < -0.3 is 19.0 Å². The Labute approximate surface area is 301 Å². The van der Waals surface area contributed by atoms with Gasteiger partial charge in [-0.15, -0.1) is 0 Å². The van der Waals surface area contributed by atoms with Gasteiger partial charge in [0.25, 0.3) is 6.71 Å². The van der Waals surface area contributed by atoms with Gasteiger partial charge in [-0.3, -0.25) is 0 Å². The Balaban J connectivity index is 1.15. The Bertz CT molecular complexity index is 2810. The van der Waals surface area contributed by atoms with Gasteiger partial charge in [-0.1, -0.05) is 91.0 Å². The summed E-state index contributed by atoms with van der Waals surface area (Å²) in [4.78, 5) is 4.58. The molecule has 4 nitrogen and oxygen atoms in total. The van der Waals surface area contributed by atoms with Gasteiger partial charge in [0.05, 0.1) is 5.69 Å². The first-order chi connectivity index (χ1) is 25.7. The maximum Gasteiger partial charge on any atom is 0.258 e. The van der Waals surface area contributed by atoms with Crippen molar-refractivity contribution in [2.75, 3.05) is 9.80 Å². The van der Waals surface area contributed by atoms with Crippen LogP contribution in [-0.2, 0) is 0 Å². The number of anilines is 6. The summed E-state index contributed by atoms with van der Waals surface area (Å²) in [7, 11) is 0. The molecule has 0 saturated carbocycles. The summed E-state index contributed by atoms with van der Waals surface area (Å²) in [5, 5.41) is 4.28. The van der Waals surface area contributed by atoms with Crippen LogP contribution in [0, 0.1) is 19.1 Å². The van der Waals surface area contributed by atoms with Crippen LogP contribution in [0.25, 0.3) is 32.7 Å². The number of benzene rings is 7. The molecule has 0 radical (unpaired) electrons. The van der Waals surface area contributed by atoms with Crippen LogP contribution in [0.5, 0.6) is 11.5 Å². The summed E-state index contributed by atoms with van der Waals surface area (Å²) in [6.07, 6.45) is 0. The van der Waals surface area contributed by atoms with E-state index >= 15 is 0 Å². The highest BCUT2D eigenvalue weighted by molar-refractivity contribution is 7.00. The van der Waals surface area contributed by atoms with E-state index in [0.29, 0.717) is 0 Å². The highest BCUT2D eigenvalue weighted by atomic mass is 16.5. The fourth-order valence-corrected chi connectivity index (χ4v) is 8.35. The van der Waals surface area contributed by atoms with Crippen molar-refractivity contribution in [2.45, 2.75) is 6.92 Å². The first-order valence-corrected chi connectivity index (χ1v) is 17.6. The second-order valence-corrected chi connectivity index (χ2v) is 13.6. The van der Waals surface area contributed by atoms with Crippen molar-refractivity contribution in [1.82, 2.24) is 0 Å². The van der Waals surface area contributed by atoms with Crippen molar-refractivity contribution in [3.05, 3.63) is 175 Å². The third-order valence-corrected chi connectivity index (χ3v) is 10.5. The lowest BCUT2D eigenvalue weighted by Crippen LogP contribution is -2.59. The van der Waals surface area contributed by atoms with E-state index in [-0.39, 0.29) is 6.71 Å². The molecule has 9 aromatic rings. The third kappa shape index (κ3) is 4.19. The molecular weight excluding hydrogens is 635 g/mol. The standard InChI is InChI=1S/C47H29BN2O2/c1-30-27-41-45-43(28-30)52-47-39(48(45)44-36-20-12-11-13-31(36)21-26-40(44)50(41)34-18-9-4-10-19-34)25-24-38-37-23-22-35(29-42(37)51-46(38)47)49(32-14-5-2-6-15-32)33-16-7-3-8-17-33/h2-20,22-25,27-29H,1H3. The second kappa shape index (κ2) is 11.1. The van der Waals surface area contributed by atoms with Crippen LogP contribution in [0.1, 0.15) is 5.56 Å². The SMILES string of the molecule is Cc1cc2c3c(c1)N(c1ccccc1)c1c#cc4ccccc4c1B3c1ccc3c(oc4cc(N(c5ccccc5)c5ccccc5)ccc43)c1O2. The molecule has 3 heterocycles. The molecule has 0 aliphatic carbocycles. The molecule has 0 N–H and O–H groups in total. The molecule has 0 fully saturated rings. The third-order valence-electron chi connectivity index (χ3n) is 10.5. The molecule has 8 aromatic carbocycles. The highest BCUT2D eigenvalue weighted by Gasteiger charge is 2.44. The fraction of sp³-hybridized carbons (Fsp3) is 0.0213. The molecule has 2 aliphatic heterocycles. The largest absolute Gasteiger partial charge is 0.454 e. The quantitative estimate of drug-likeness (QED) is 0.175. The maximum absolute atomic E-state index is 7.03.